The summed E-state index contributed by atoms with van der Waals surface area (Å²) in [4.78, 5) is 12.3. The van der Waals surface area contributed by atoms with Gasteiger partial charge >= 0.3 is 6.18 Å². The molecule has 0 saturated heterocycles. The minimum atomic E-state index is -4.72. The lowest BCUT2D eigenvalue weighted by Crippen LogP contribution is -2.39. The summed E-state index contributed by atoms with van der Waals surface area (Å²) in [5, 5.41) is 13.8. The van der Waals surface area contributed by atoms with Gasteiger partial charge in [-0.05, 0) is 42.5 Å². The molecule has 0 unspecified atom stereocenters. The normalized spacial score (nSPS) is 11.9. The van der Waals surface area contributed by atoms with Crippen molar-refractivity contribution in [2.45, 2.75) is 11.1 Å². The van der Waals surface area contributed by atoms with E-state index in [1.807, 2.05) is 0 Å². The molecular formula is C23H20F3N3O5S. The fourth-order valence-corrected chi connectivity index (χ4v) is 4.45. The second-order valence-corrected chi connectivity index (χ2v) is 8.93. The highest BCUT2D eigenvalue weighted by Gasteiger charge is 2.33. The number of alkyl halides is 3. The highest BCUT2D eigenvalue weighted by molar-refractivity contribution is 7.92. The number of carbonyl (C=O) groups excluding carboxylic acids is 1. The van der Waals surface area contributed by atoms with Crippen molar-refractivity contribution in [1.82, 2.24) is 5.43 Å². The summed E-state index contributed by atoms with van der Waals surface area (Å²) >= 11 is 0. The Morgan fingerprint density at radius 3 is 2.43 bits per heavy atom. The van der Waals surface area contributed by atoms with Crippen molar-refractivity contribution in [1.29, 1.82) is 0 Å². The number of sulfonamides is 1. The molecule has 35 heavy (non-hydrogen) atoms. The minimum absolute atomic E-state index is 0.171. The van der Waals surface area contributed by atoms with E-state index in [0.29, 0.717) is 10.4 Å². The van der Waals surface area contributed by atoms with Crippen molar-refractivity contribution in [3.8, 4) is 11.5 Å². The first-order chi connectivity index (χ1) is 16.5. The predicted octanol–water partition coefficient (Wildman–Crippen LogP) is 3.77. The Morgan fingerprint density at radius 1 is 1.09 bits per heavy atom. The summed E-state index contributed by atoms with van der Waals surface area (Å²) in [6.07, 6.45) is -3.61. The zero-order chi connectivity index (χ0) is 25.6. The van der Waals surface area contributed by atoms with E-state index in [-0.39, 0.29) is 27.6 Å². The van der Waals surface area contributed by atoms with Crippen LogP contribution in [0.5, 0.6) is 11.5 Å². The number of hydrazone groups is 1. The highest BCUT2D eigenvalue weighted by Crippen LogP contribution is 2.33. The Labute approximate surface area is 199 Å². The quantitative estimate of drug-likeness (QED) is 0.357. The maximum Gasteiger partial charge on any atom is 0.416 e. The number of phenolic OH excluding ortho intramolecular Hbond substituents is 1. The molecule has 3 aromatic carbocycles. The van der Waals surface area contributed by atoms with E-state index in [0.717, 1.165) is 24.4 Å². The summed E-state index contributed by atoms with van der Waals surface area (Å²) in [6, 6.07) is 15.2. The summed E-state index contributed by atoms with van der Waals surface area (Å²) in [6.45, 7) is -0.861. The third kappa shape index (κ3) is 6.09. The fourth-order valence-electron chi connectivity index (χ4n) is 3.02. The van der Waals surface area contributed by atoms with E-state index in [1.165, 1.54) is 43.5 Å². The maximum absolute atomic E-state index is 13.2. The van der Waals surface area contributed by atoms with Crippen molar-refractivity contribution in [3.63, 3.8) is 0 Å². The molecule has 0 heterocycles. The molecule has 0 atom stereocenters. The number of nitrogens with one attached hydrogen (secondary N) is 1. The van der Waals surface area contributed by atoms with Crippen LogP contribution in [0, 0.1) is 0 Å². The van der Waals surface area contributed by atoms with Gasteiger partial charge in [0.15, 0.2) is 11.5 Å². The lowest BCUT2D eigenvalue weighted by Gasteiger charge is -2.24. The number of aromatic hydroxyl groups is 1. The van der Waals surface area contributed by atoms with Crippen LogP contribution in [-0.4, -0.2) is 39.3 Å². The average molecular weight is 507 g/mol. The molecule has 0 saturated carbocycles. The molecule has 0 aliphatic heterocycles. The number of hydrogen-bond donors (Lipinski definition) is 2. The number of benzene rings is 3. The van der Waals surface area contributed by atoms with E-state index in [1.54, 1.807) is 12.1 Å². The molecule has 0 aliphatic rings. The van der Waals surface area contributed by atoms with Gasteiger partial charge in [-0.2, -0.15) is 18.3 Å². The third-order valence-corrected chi connectivity index (χ3v) is 6.51. The summed E-state index contributed by atoms with van der Waals surface area (Å²) in [5.74, 6) is -0.990. The van der Waals surface area contributed by atoms with Gasteiger partial charge in [-0.15, -0.1) is 0 Å². The van der Waals surface area contributed by atoms with Crippen molar-refractivity contribution in [2.75, 3.05) is 18.0 Å². The van der Waals surface area contributed by atoms with Crippen LogP contribution in [0.3, 0.4) is 0 Å². The smallest absolute Gasteiger partial charge is 0.416 e. The molecule has 184 valence electrons. The first-order valence-corrected chi connectivity index (χ1v) is 11.4. The molecule has 1 amide bonds. The van der Waals surface area contributed by atoms with Gasteiger partial charge in [0, 0.05) is 5.56 Å². The molecule has 12 heteroatoms. The first-order valence-electron chi connectivity index (χ1n) is 9.97. The van der Waals surface area contributed by atoms with Gasteiger partial charge in [-0.1, -0.05) is 30.3 Å². The number of carbonyl (C=O) groups is 1. The molecule has 0 bridgehead atoms. The van der Waals surface area contributed by atoms with Crippen molar-refractivity contribution >= 4 is 27.8 Å². The van der Waals surface area contributed by atoms with Crippen LogP contribution in [0.25, 0.3) is 0 Å². The largest absolute Gasteiger partial charge is 0.504 e. The SMILES string of the molecule is COc1cccc(/C=N\NC(=O)CN(c2cccc(C(F)(F)F)c2)S(=O)(=O)c2ccccc2)c1O. The standard InChI is InChI=1S/C23H20F3N3O5S/c1-34-20-12-5-7-16(22(20)31)14-27-28-21(30)15-29(35(32,33)19-10-3-2-4-11-19)18-9-6-8-17(13-18)23(24,25)26/h2-14,31H,15H2,1H3,(H,28,30)/b27-14-. The predicted molar refractivity (Wildman–Crippen MR) is 123 cm³/mol. The molecule has 0 radical (unpaired) electrons. The molecule has 8 nitrogen and oxygen atoms in total. The fraction of sp³-hybridized carbons (Fsp3) is 0.130. The Bertz CT molecular complexity index is 1330. The Kier molecular flexibility index (Phi) is 7.65. The second kappa shape index (κ2) is 10.5. The number of para-hydroxylation sites is 1. The number of phenols is 1. The van der Waals surface area contributed by atoms with Gasteiger partial charge in [0.25, 0.3) is 15.9 Å². The zero-order valence-corrected chi connectivity index (χ0v) is 19.0. The molecule has 0 spiro atoms. The van der Waals surface area contributed by atoms with Gasteiger partial charge in [-0.25, -0.2) is 13.8 Å². The van der Waals surface area contributed by atoms with E-state index in [4.69, 9.17) is 4.74 Å². The van der Waals surface area contributed by atoms with Crippen LogP contribution in [0.4, 0.5) is 18.9 Å². The van der Waals surface area contributed by atoms with Crippen LogP contribution in [-0.2, 0) is 21.0 Å². The minimum Gasteiger partial charge on any atom is -0.504 e. The molecule has 0 aromatic heterocycles. The number of hydrogen-bond acceptors (Lipinski definition) is 6. The van der Waals surface area contributed by atoms with E-state index in [2.05, 4.69) is 10.5 Å². The second-order valence-electron chi connectivity index (χ2n) is 7.06. The molecule has 0 aliphatic carbocycles. The molecular weight excluding hydrogens is 487 g/mol. The number of halogens is 3. The lowest BCUT2D eigenvalue weighted by atomic mass is 10.2. The average Bonchev–Trinajstić information content (AvgIpc) is 2.83. The van der Waals surface area contributed by atoms with Gasteiger partial charge in [-0.3, -0.25) is 9.10 Å². The summed E-state index contributed by atoms with van der Waals surface area (Å²) in [7, 11) is -3.05. The van der Waals surface area contributed by atoms with Crippen LogP contribution in [0.15, 0.2) is 82.8 Å². The molecule has 2 N–H and O–H groups in total. The number of amides is 1. The van der Waals surface area contributed by atoms with Gasteiger partial charge in [0.2, 0.25) is 0 Å². The topological polar surface area (TPSA) is 108 Å². The number of nitrogens with zero attached hydrogens (tertiary/aromatic N) is 2. The van der Waals surface area contributed by atoms with Crippen molar-refractivity contribution in [2.24, 2.45) is 5.10 Å². The van der Waals surface area contributed by atoms with Crippen LogP contribution < -0.4 is 14.5 Å². The van der Waals surface area contributed by atoms with E-state index >= 15 is 0 Å². The first kappa shape index (κ1) is 25.6. The van der Waals surface area contributed by atoms with E-state index < -0.39 is 34.2 Å². The third-order valence-electron chi connectivity index (χ3n) is 4.72. The highest BCUT2D eigenvalue weighted by atomic mass is 32.2. The monoisotopic (exact) mass is 507 g/mol. The molecule has 3 rings (SSSR count). The number of anilines is 1. The van der Waals surface area contributed by atoms with Gasteiger partial charge in [0.1, 0.15) is 6.54 Å². The number of methoxy groups -OCH3 is 1. The van der Waals surface area contributed by atoms with Gasteiger partial charge < -0.3 is 9.84 Å². The maximum atomic E-state index is 13.2. The Morgan fingerprint density at radius 2 is 1.77 bits per heavy atom. The Balaban J connectivity index is 1.90. The summed E-state index contributed by atoms with van der Waals surface area (Å²) in [5.41, 5.74) is 0.892. The van der Waals surface area contributed by atoms with Crippen LogP contribution in [0.1, 0.15) is 11.1 Å². The van der Waals surface area contributed by atoms with E-state index in [9.17, 15) is 31.5 Å². The number of ether oxygens (including phenoxy) is 1. The molecule has 0 fully saturated rings. The molecule has 3 aromatic rings. The van der Waals surface area contributed by atoms with Crippen LogP contribution >= 0.6 is 0 Å². The van der Waals surface area contributed by atoms with Crippen LogP contribution in [0.2, 0.25) is 0 Å². The Hall–Kier alpha value is -4.06. The number of rotatable bonds is 8. The van der Waals surface area contributed by atoms with Gasteiger partial charge in [0.05, 0.1) is 29.5 Å². The van der Waals surface area contributed by atoms with Crippen molar-refractivity contribution < 1.29 is 36.2 Å². The summed E-state index contributed by atoms with van der Waals surface area (Å²) < 4.78 is 71.7. The zero-order valence-electron chi connectivity index (χ0n) is 18.2. The van der Waals surface area contributed by atoms with Crippen molar-refractivity contribution in [3.05, 3.63) is 83.9 Å². The lowest BCUT2D eigenvalue weighted by molar-refractivity contribution is -0.137.